The van der Waals surface area contributed by atoms with Gasteiger partial charge in [0.15, 0.2) is 0 Å². The molecule has 0 aromatic heterocycles. The predicted octanol–water partition coefficient (Wildman–Crippen LogP) is 5.18. The first-order valence-corrected chi connectivity index (χ1v) is 7.53. The molecule has 0 heterocycles. The summed E-state index contributed by atoms with van der Waals surface area (Å²) in [5.74, 6) is 0.134. The summed E-state index contributed by atoms with van der Waals surface area (Å²) in [6.07, 6.45) is 0. The van der Waals surface area contributed by atoms with Crippen LogP contribution in [0.25, 0.3) is 0 Å². The van der Waals surface area contributed by atoms with Crippen molar-refractivity contribution in [2.75, 3.05) is 5.32 Å². The molecule has 0 atom stereocenters. The van der Waals surface area contributed by atoms with Gasteiger partial charge in [0.1, 0.15) is 17.3 Å². The van der Waals surface area contributed by atoms with Gasteiger partial charge in [-0.1, -0.05) is 36.4 Å². The van der Waals surface area contributed by atoms with Crippen molar-refractivity contribution in [1.82, 2.24) is 0 Å². The molecule has 0 aliphatic carbocycles. The normalized spacial score (nSPS) is 10.2. The van der Waals surface area contributed by atoms with Gasteiger partial charge in [-0.15, -0.1) is 0 Å². The van der Waals surface area contributed by atoms with Crippen molar-refractivity contribution < 1.29 is 13.9 Å². The maximum Gasteiger partial charge on any atom is 0.259 e. The van der Waals surface area contributed by atoms with Crippen LogP contribution in [-0.4, -0.2) is 5.91 Å². The Bertz CT molecular complexity index is 863. The summed E-state index contributed by atoms with van der Waals surface area (Å²) in [5.41, 5.74) is 1.34. The van der Waals surface area contributed by atoms with E-state index < -0.39 is 11.7 Å². The summed E-state index contributed by atoms with van der Waals surface area (Å²) in [5, 5.41) is 2.60. The van der Waals surface area contributed by atoms with Gasteiger partial charge in [0.25, 0.3) is 5.91 Å². The molecular formula is C20H16FNO2. The van der Waals surface area contributed by atoms with Crippen LogP contribution in [0.15, 0.2) is 72.8 Å². The summed E-state index contributed by atoms with van der Waals surface area (Å²) >= 11 is 0. The SMILES string of the molecule is Cc1ccc(F)c(NC(=O)c2ccccc2Oc2ccccc2)c1. The maximum atomic E-state index is 13.8. The number of carbonyl (C=O) groups is 1. The first-order valence-electron chi connectivity index (χ1n) is 7.53. The first kappa shape index (κ1) is 15.7. The van der Waals surface area contributed by atoms with Crippen LogP contribution in [0.3, 0.4) is 0 Å². The number of aryl methyl sites for hydroxylation is 1. The van der Waals surface area contributed by atoms with E-state index in [2.05, 4.69) is 5.32 Å². The minimum absolute atomic E-state index is 0.148. The van der Waals surface area contributed by atoms with Gasteiger partial charge >= 0.3 is 0 Å². The average molecular weight is 321 g/mol. The van der Waals surface area contributed by atoms with Crippen LogP contribution >= 0.6 is 0 Å². The van der Waals surface area contributed by atoms with Crippen LogP contribution < -0.4 is 10.1 Å². The molecule has 1 amide bonds. The fourth-order valence-corrected chi connectivity index (χ4v) is 2.28. The molecule has 0 saturated heterocycles. The number of para-hydroxylation sites is 2. The Kier molecular flexibility index (Phi) is 4.57. The van der Waals surface area contributed by atoms with E-state index in [4.69, 9.17) is 4.74 Å². The number of ether oxygens (including phenoxy) is 1. The number of rotatable bonds is 4. The molecule has 4 heteroatoms. The van der Waals surface area contributed by atoms with E-state index in [0.29, 0.717) is 17.1 Å². The zero-order valence-corrected chi connectivity index (χ0v) is 13.1. The number of anilines is 1. The Morgan fingerprint density at radius 1 is 0.958 bits per heavy atom. The fraction of sp³-hybridized carbons (Fsp3) is 0.0500. The van der Waals surface area contributed by atoms with Gasteiger partial charge in [-0.3, -0.25) is 4.79 Å². The van der Waals surface area contributed by atoms with Crippen LogP contribution in [0.2, 0.25) is 0 Å². The molecule has 0 aliphatic rings. The quantitative estimate of drug-likeness (QED) is 0.719. The standard InChI is InChI=1S/C20H16FNO2/c1-14-11-12-17(21)18(13-14)22-20(23)16-9-5-6-10-19(16)24-15-7-3-2-4-8-15/h2-13H,1H3,(H,22,23). The van der Waals surface area contributed by atoms with Crippen molar-refractivity contribution >= 4 is 11.6 Å². The number of halogens is 1. The van der Waals surface area contributed by atoms with Crippen LogP contribution in [0.1, 0.15) is 15.9 Å². The second-order valence-electron chi connectivity index (χ2n) is 5.35. The predicted molar refractivity (Wildman–Crippen MR) is 92.0 cm³/mol. The second-order valence-corrected chi connectivity index (χ2v) is 5.35. The maximum absolute atomic E-state index is 13.8. The molecule has 3 aromatic rings. The topological polar surface area (TPSA) is 38.3 Å². The number of benzene rings is 3. The molecule has 120 valence electrons. The third-order valence-corrected chi connectivity index (χ3v) is 3.47. The zero-order chi connectivity index (χ0) is 16.9. The van der Waals surface area contributed by atoms with Gasteiger partial charge in [0.2, 0.25) is 0 Å². The molecule has 0 radical (unpaired) electrons. The van der Waals surface area contributed by atoms with Crippen molar-refractivity contribution in [3.63, 3.8) is 0 Å². The van der Waals surface area contributed by atoms with Crippen molar-refractivity contribution in [2.24, 2.45) is 0 Å². The minimum atomic E-state index is -0.476. The lowest BCUT2D eigenvalue weighted by Gasteiger charge is -2.12. The van der Waals surface area contributed by atoms with Gasteiger partial charge in [-0.2, -0.15) is 0 Å². The second kappa shape index (κ2) is 6.96. The smallest absolute Gasteiger partial charge is 0.259 e. The van der Waals surface area contributed by atoms with Gasteiger partial charge < -0.3 is 10.1 Å². The van der Waals surface area contributed by atoms with Crippen molar-refractivity contribution in [3.05, 3.63) is 89.7 Å². The Morgan fingerprint density at radius 3 is 2.46 bits per heavy atom. The number of amides is 1. The Hall–Kier alpha value is -3.14. The van der Waals surface area contributed by atoms with Gasteiger partial charge in [-0.25, -0.2) is 4.39 Å². The summed E-state index contributed by atoms with van der Waals surface area (Å²) in [4.78, 5) is 12.5. The highest BCUT2D eigenvalue weighted by molar-refractivity contribution is 6.06. The fourth-order valence-electron chi connectivity index (χ4n) is 2.28. The van der Waals surface area contributed by atoms with Crippen molar-refractivity contribution in [3.8, 4) is 11.5 Å². The summed E-state index contributed by atoms with van der Waals surface area (Å²) in [6, 6.07) is 20.6. The number of hydrogen-bond acceptors (Lipinski definition) is 2. The molecule has 0 spiro atoms. The molecule has 3 nitrogen and oxygen atoms in total. The highest BCUT2D eigenvalue weighted by Gasteiger charge is 2.14. The van der Waals surface area contributed by atoms with Crippen LogP contribution in [0.5, 0.6) is 11.5 Å². The first-order chi connectivity index (χ1) is 11.6. The van der Waals surface area contributed by atoms with E-state index in [0.717, 1.165) is 5.56 Å². The van der Waals surface area contributed by atoms with Crippen molar-refractivity contribution in [1.29, 1.82) is 0 Å². The van der Waals surface area contributed by atoms with E-state index in [1.54, 1.807) is 48.5 Å². The molecular weight excluding hydrogens is 305 g/mol. The molecule has 0 aliphatic heterocycles. The van der Waals surface area contributed by atoms with Gasteiger partial charge in [0.05, 0.1) is 11.3 Å². The van der Waals surface area contributed by atoms with Gasteiger partial charge in [-0.05, 0) is 48.9 Å². The van der Waals surface area contributed by atoms with Crippen LogP contribution in [0.4, 0.5) is 10.1 Å². The average Bonchev–Trinajstić information content (AvgIpc) is 2.59. The highest BCUT2D eigenvalue weighted by atomic mass is 19.1. The van der Waals surface area contributed by atoms with E-state index in [-0.39, 0.29) is 5.69 Å². The van der Waals surface area contributed by atoms with Crippen LogP contribution in [-0.2, 0) is 0 Å². The largest absolute Gasteiger partial charge is 0.457 e. The van der Waals surface area contributed by atoms with Gasteiger partial charge in [0, 0.05) is 0 Å². The van der Waals surface area contributed by atoms with Crippen molar-refractivity contribution in [2.45, 2.75) is 6.92 Å². The zero-order valence-electron chi connectivity index (χ0n) is 13.1. The number of nitrogens with one attached hydrogen (secondary N) is 1. The molecule has 1 N–H and O–H groups in total. The molecule has 3 rings (SSSR count). The molecule has 0 saturated carbocycles. The lowest BCUT2D eigenvalue weighted by atomic mass is 10.1. The Balaban J connectivity index is 1.86. The summed E-state index contributed by atoms with van der Waals surface area (Å²) in [7, 11) is 0. The van der Waals surface area contributed by atoms with E-state index in [9.17, 15) is 9.18 Å². The lowest BCUT2D eigenvalue weighted by molar-refractivity contribution is 0.102. The molecule has 24 heavy (non-hydrogen) atoms. The lowest BCUT2D eigenvalue weighted by Crippen LogP contribution is -2.14. The van der Waals surface area contributed by atoms with E-state index >= 15 is 0 Å². The monoisotopic (exact) mass is 321 g/mol. The minimum Gasteiger partial charge on any atom is -0.457 e. The molecule has 3 aromatic carbocycles. The number of hydrogen-bond donors (Lipinski definition) is 1. The Morgan fingerprint density at radius 2 is 1.67 bits per heavy atom. The van der Waals surface area contributed by atoms with Crippen LogP contribution in [0, 0.1) is 12.7 Å². The van der Waals surface area contributed by atoms with E-state index in [1.807, 2.05) is 25.1 Å². The van der Waals surface area contributed by atoms with E-state index in [1.165, 1.54) is 6.07 Å². The highest BCUT2D eigenvalue weighted by Crippen LogP contribution is 2.26. The molecule has 0 fully saturated rings. The summed E-state index contributed by atoms with van der Waals surface area (Å²) in [6.45, 7) is 1.83. The summed E-state index contributed by atoms with van der Waals surface area (Å²) < 4.78 is 19.6. The molecule has 0 bridgehead atoms. The molecule has 0 unspecified atom stereocenters. The number of carbonyl (C=O) groups excluding carboxylic acids is 1. The third kappa shape index (κ3) is 3.60. The Labute approximate surface area is 139 Å². The third-order valence-electron chi connectivity index (χ3n) is 3.47.